The smallest absolute Gasteiger partial charge is 0.265 e. The normalized spacial score (nSPS) is 23.8. The van der Waals surface area contributed by atoms with Crippen molar-refractivity contribution in [3.63, 3.8) is 0 Å². The minimum Gasteiger partial charge on any atom is -0.507 e. The predicted molar refractivity (Wildman–Crippen MR) is 219 cm³/mol. The van der Waals surface area contributed by atoms with Gasteiger partial charge in [-0.3, -0.25) is 14.4 Å². The van der Waals surface area contributed by atoms with Gasteiger partial charge in [0.15, 0.2) is 11.6 Å². The Morgan fingerprint density at radius 2 is 1.73 bits per heavy atom. The van der Waals surface area contributed by atoms with E-state index in [9.17, 15) is 39.9 Å². The number of Topliss-reactive ketones (excluding diaryl/α,β-unsaturated/α-hetero) is 1. The zero-order chi connectivity index (χ0) is 42.2. The molecule has 12 nitrogen and oxygen atoms in total. The van der Waals surface area contributed by atoms with Gasteiger partial charge in [-0.15, -0.1) is 0 Å². The molecule has 2 rings (SSSR count). The lowest BCUT2D eigenvalue weighted by Crippen LogP contribution is -2.60. The highest BCUT2D eigenvalue weighted by Crippen LogP contribution is 2.44. The standard InChI is InChI=1S/C44H62N2O10/c1-10-12-16-24-36-43(6,7)35(49)28-44(54,56-36)32(11-2)41(52)45-26-20-19-22-30(4)40(55-9)31(5)39(51)34(48)23-18-15-13-14-17-21-29(3)38(50)37-33(47)25-27-46(8)42(37)53/h10,12-25,27,31-32,34-36,39-40,47-49,51,54H,11,26,28H2,1-9H3,(H,45,52)/b12-10+,15-13+,17-14+,20-19+,23-18+,24-16+,29-21+,30-22+/t31-,32+,34-,35-,36-,39-,40+,44-/m0/s1. The number of hydrogen-bond acceptors (Lipinski definition) is 10. The van der Waals surface area contributed by atoms with E-state index in [1.54, 1.807) is 81.5 Å². The van der Waals surface area contributed by atoms with Gasteiger partial charge in [0.25, 0.3) is 5.56 Å². The monoisotopic (exact) mass is 778 g/mol. The van der Waals surface area contributed by atoms with Crippen molar-refractivity contribution >= 4 is 11.7 Å². The zero-order valence-electron chi connectivity index (χ0n) is 34.1. The molecule has 1 aliphatic rings. The first-order valence-electron chi connectivity index (χ1n) is 18.9. The average molecular weight is 779 g/mol. The molecule has 1 amide bonds. The fourth-order valence-electron chi connectivity index (χ4n) is 6.41. The Kier molecular flexibility index (Phi) is 19.0. The summed E-state index contributed by atoms with van der Waals surface area (Å²) < 4.78 is 13.0. The fraction of sp³-hybridized carbons (Fsp3) is 0.477. The number of aromatic hydroxyl groups is 1. The lowest BCUT2D eigenvalue weighted by molar-refractivity contribution is -0.314. The topological polar surface area (TPSA) is 188 Å². The van der Waals surface area contributed by atoms with Crippen LogP contribution in [0, 0.1) is 17.3 Å². The zero-order valence-corrected chi connectivity index (χ0v) is 34.1. The molecule has 0 radical (unpaired) electrons. The summed E-state index contributed by atoms with van der Waals surface area (Å²) in [5.41, 5.74) is -0.516. The summed E-state index contributed by atoms with van der Waals surface area (Å²) >= 11 is 0. The molecule has 8 atom stereocenters. The number of carbonyl (C=O) groups excluding carboxylic acids is 2. The van der Waals surface area contributed by atoms with Gasteiger partial charge in [0.05, 0.1) is 36.4 Å². The number of aliphatic hydroxyl groups is 4. The minimum atomic E-state index is -1.85. The number of aromatic nitrogens is 1. The van der Waals surface area contributed by atoms with E-state index in [1.807, 2.05) is 39.8 Å². The number of carbonyl (C=O) groups is 2. The van der Waals surface area contributed by atoms with Crippen LogP contribution in [-0.4, -0.2) is 91.8 Å². The van der Waals surface area contributed by atoms with E-state index in [0.717, 1.165) is 5.57 Å². The molecule has 0 aromatic carbocycles. The number of ether oxygens (including phenoxy) is 2. The number of amides is 1. The second kappa shape index (κ2) is 22.3. The maximum atomic E-state index is 13.2. The molecule has 308 valence electrons. The number of nitrogens with zero attached hydrogens (tertiary/aromatic N) is 1. The van der Waals surface area contributed by atoms with E-state index in [4.69, 9.17) is 9.47 Å². The SMILES string of the molecule is C/C=C/C=C/[C@@H]1O[C@](O)([C@H](CC)C(=O)NC/C=C/C=C(\C)[C@@H](OC)[C@@H](C)[C@H](O)[C@@H](O)/C=C/C=C/C=C/C=C(\C)C(=O)c2c(O)ccn(C)c2=O)C[C@H](O)C1(C)C. The predicted octanol–water partition coefficient (Wildman–Crippen LogP) is 4.90. The van der Waals surface area contributed by atoms with Crippen molar-refractivity contribution in [3.8, 4) is 5.75 Å². The first-order chi connectivity index (χ1) is 26.4. The third kappa shape index (κ3) is 12.8. The Bertz CT molecular complexity index is 1780. The van der Waals surface area contributed by atoms with Crippen molar-refractivity contribution in [2.75, 3.05) is 13.7 Å². The van der Waals surface area contributed by atoms with Crippen LogP contribution >= 0.6 is 0 Å². The molecular weight excluding hydrogens is 716 g/mol. The molecule has 12 heteroatoms. The summed E-state index contributed by atoms with van der Waals surface area (Å²) in [4.78, 5) is 38.1. The van der Waals surface area contributed by atoms with Crippen LogP contribution in [0.5, 0.6) is 5.75 Å². The largest absolute Gasteiger partial charge is 0.507 e. The van der Waals surface area contributed by atoms with E-state index in [-0.39, 0.29) is 29.9 Å². The number of pyridine rings is 1. The molecule has 1 aromatic heterocycles. The van der Waals surface area contributed by atoms with Crippen LogP contribution in [0.1, 0.15) is 71.7 Å². The molecule has 1 aliphatic heterocycles. The molecule has 0 spiro atoms. The number of rotatable bonds is 19. The highest BCUT2D eigenvalue weighted by molar-refractivity contribution is 6.09. The van der Waals surface area contributed by atoms with Gasteiger partial charge in [-0.05, 0) is 44.4 Å². The molecule has 2 heterocycles. The quantitative estimate of drug-likeness (QED) is 0.0641. The average Bonchev–Trinajstić information content (AvgIpc) is 3.14. The van der Waals surface area contributed by atoms with Crippen LogP contribution < -0.4 is 10.9 Å². The Labute approximate surface area is 331 Å². The van der Waals surface area contributed by atoms with E-state index >= 15 is 0 Å². The van der Waals surface area contributed by atoms with Crippen molar-refractivity contribution in [1.29, 1.82) is 0 Å². The Morgan fingerprint density at radius 1 is 1.07 bits per heavy atom. The summed E-state index contributed by atoms with van der Waals surface area (Å²) in [7, 11) is 3.01. The molecule has 56 heavy (non-hydrogen) atoms. The Hall–Kier alpha value is -4.43. The molecule has 1 aromatic rings. The van der Waals surface area contributed by atoms with Gasteiger partial charge in [-0.2, -0.15) is 0 Å². The lowest BCUT2D eigenvalue weighted by Gasteiger charge is -2.50. The van der Waals surface area contributed by atoms with Gasteiger partial charge in [-0.25, -0.2) is 0 Å². The number of nitrogens with one attached hydrogen (secondary N) is 1. The third-order valence-electron chi connectivity index (χ3n) is 10.2. The number of ketones is 1. The minimum absolute atomic E-state index is 0.102. The molecule has 1 saturated heterocycles. The molecule has 0 aliphatic carbocycles. The Morgan fingerprint density at radius 3 is 2.38 bits per heavy atom. The summed E-state index contributed by atoms with van der Waals surface area (Å²) in [5.74, 6) is -4.63. The van der Waals surface area contributed by atoms with E-state index < -0.39 is 70.8 Å². The summed E-state index contributed by atoms with van der Waals surface area (Å²) in [5, 5.41) is 56.8. The molecule has 6 N–H and O–H groups in total. The van der Waals surface area contributed by atoms with Gasteiger partial charge >= 0.3 is 0 Å². The van der Waals surface area contributed by atoms with Crippen LogP contribution in [0.3, 0.4) is 0 Å². The van der Waals surface area contributed by atoms with Crippen LogP contribution in [0.25, 0.3) is 0 Å². The van der Waals surface area contributed by atoms with Crippen LogP contribution in [0.15, 0.2) is 113 Å². The van der Waals surface area contributed by atoms with Crippen molar-refractivity contribution in [3.05, 3.63) is 124 Å². The van der Waals surface area contributed by atoms with Crippen molar-refractivity contribution in [2.24, 2.45) is 24.3 Å². The maximum absolute atomic E-state index is 13.2. The number of allylic oxidation sites excluding steroid dienone is 12. The van der Waals surface area contributed by atoms with Gasteiger partial charge in [0.2, 0.25) is 5.91 Å². The number of hydrogen-bond donors (Lipinski definition) is 6. The number of aliphatic hydroxyl groups excluding tert-OH is 3. The maximum Gasteiger partial charge on any atom is 0.265 e. The first-order valence-corrected chi connectivity index (χ1v) is 18.9. The van der Waals surface area contributed by atoms with Gasteiger partial charge in [0.1, 0.15) is 11.3 Å². The summed E-state index contributed by atoms with van der Waals surface area (Å²) in [6.07, 6.45) is 20.8. The third-order valence-corrected chi connectivity index (χ3v) is 10.2. The van der Waals surface area contributed by atoms with Crippen LogP contribution in [-0.2, 0) is 21.3 Å². The second-order valence-corrected chi connectivity index (χ2v) is 14.7. The highest BCUT2D eigenvalue weighted by Gasteiger charge is 2.54. The van der Waals surface area contributed by atoms with E-state index in [1.165, 1.54) is 43.1 Å². The Balaban J connectivity index is 1.96. The summed E-state index contributed by atoms with van der Waals surface area (Å²) in [6, 6.07) is 1.29. The molecule has 0 bridgehead atoms. The number of methoxy groups -OCH3 is 1. The van der Waals surface area contributed by atoms with Crippen LogP contribution in [0.2, 0.25) is 0 Å². The van der Waals surface area contributed by atoms with Gasteiger partial charge in [0, 0.05) is 44.7 Å². The molecular formula is C44H62N2O10. The molecule has 1 fully saturated rings. The van der Waals surface area contributed by atoms with Crippen LogP contribution in [0.4, 0.5) is 0 Å². The van der Waals surface area contributed by atoms with Crippen molar-refractivity contribution in [2.45, 2.75) is 97.6 Å². The van der Waals surface area contributed by atoms with Crippen molar-refractivity contribution < 1.29 is 44.6 Å². The van der Waals surface area contributed by atoms with Gasteiger partial charge < -0.3 is 44.9 Å². The van der Waals surface area contributed by atoms with E-state index in [0.29, 0.717) is 6.42 Å². The van der Waals surface area contributed by atoms with Gasteiger partial charge in [-0.1, -0.05) is 113 Å². The molecule has 0 unspecified atom stereocenters. The molecule has 0 saturated carbocycles. The lowest BCUT2D eigenvalue weighted by atomic mass is 9.72. The van der Waals surface area contributed by atoms with E-state index in [2.05, 4.69) is 5.32 Å². The fourth-order valence-corrected chi connectivity index (χ4v) is 6.41. The first kappa shape index (κ1) is 47.7. The second-order valence-electron chi connectivity index (χ2n) is 14.7. The van der Waals surface area contributed by atoms with Crippen molar-refractivity contribution in [1.82, 2.24) is 9.88 Å². The number of aryl methyl sites for hydroxylation is 1. The summed E-state index contributed by atoms with van der Waals surface area (Å²) in [6.45, 7) is 12.7. The highest BCUT2D eigenvalue weighted by atomic mass is 16.6.